The second kappa shape index (κ2) is 11.2. The molecule has 1 heterocycles. The zero-order chi connectivity index (χ0) is 24.0. The number of rotatable bonds is 9. The molecule has 3 amide bonds. The number of carbonyl (C=O) groups is 2. The number of fused-ring (bicyclic) bond motifs is 2. The number of benzene rings is 1. The van der Waals surface area contributed by atoms with Gasteiger partial charge in [0.05, 0.1) is 17.7 Å². The average Bonchev–Trinajstić information content (AvgIpc) is 3.07. The highest BCUT2D eigenvalue weighted by atomic mass is 16.5. The van der Waals surface area contributed by atoms with Gasteiger partial charge < -0.3 is 20.1 Å². The van der Waals surface area contributed by atoms with E-state index in [9.17, 15) is 14.7 Å². The van der Waals surface area contributed by atoms with E-state index in [-0.39, 0.29) is 36.6 Å². The summed E-state index contributed by atoms with van der Waals surface area (Å²) in [5, 5.41) is 25.2. The number of amides is 3. The molecule has 180 valence electrons. The Morgan fingerprint density at radius 1 is 1.27 bits per heavy atom. The summed E-state index contributed by atoms with van der Waals surface area (Å²) in [4.78, 5) is 26.6. The van der Waals surface area contributed by atoms with Gasteiger partial charge in [-0.2, -0.15) is 5.26 Å². The Kier molecular flexibility index (Phi) is 8.39. The molecule has 9 heteroatoms. The number of unbranched alkanes of at least 4 members (excludes halogenated alkanes) is 1. The van der Waals surface area contributed by atoms with Gasteiger partial charge in [0.2, 0.25) is 0 Å². The van der Waals surface area contributed by atoms with Crippen molar-refractivity contribution < 1.29 is 19.4 Å². The van der Waals surface area contributed by atoms with Gasteiger partial charge in [-0.05, 0) is 62.3 Å². The summed E-state index contributed by atoms with van der Waals surface area (Å²) < 4.78 is 5.79. The van der Waals surface area contributed by atoms with Crippen LogP contribution in [0, 0.1) is 23.2 Å². The SMILES string of the molecule is CCCCNC(=O)N(C)C1C2CCC1CN(N(C(=O)O)C(C)COc1ccc(C#N)cc1)C2. The maximum Gasteiger partial charge on any atom is 0.422 e. The standard InChI is InChI=1S/C24H35N5O4/c1-4-5-12-26-23(30)27(3)22-19-8-9-20(22)15-28(14-19)29(24(31)32)17(2)16-33-21-10-6-18(13-25)7-11-21/h6-7,10-11,17,19-20,22H,4-5,8-9,12,14-16H2,1-3H3,(H,26,30)(H,31,32). The molecule has 3 atom stereocenters. The third-order valence-electron chi connectivity index (χ3n) is 6.73. The van der Waals surface area contributed by atoms with Gasteiger partial charge in [0.1, 0.15) is 12.4 Å². The molecule has 3 unspecified atom stereocenters. The van der Waals surface area contributed by atoms with Crippen molar-refractivity contribution in [2.24, 2.45) is 11.8 Å². The number of nitrogens with one attached hydrogen (secondary N) is 1. The van der Waals surface area contributed by atoms with E-state index in [2.05, 4.69) is 18.3 Å². The second-order valence-electron chi connectivity index (χ2n) is 9.08. The van der Waals surface area contributed by atoms with E-state index in [0.29, 0.717) is 30.9 Å². The maximum atomic E-state index is 12.6. The Morgan fingerprint density at radius 2 is 1.91 bits per heavy atom. The Hall–Kier alpha value is -2.99. The molecule has 2 fully saturated rings. The fourth-order valence-corrected chi connectivity index (χ4v) is 5.11. The lowest BCUT2D eigenvalue weighted by atomic mass is 9.92. The molecule has 0 radical (unpaired) electrons. The predicted molar refractivity (Wildman–Crippen MR) is 124 cm³/mol. The molecule has 1 aliphatic heterocycles. The molecule has 33 heavy (non-hydrogen) atoms. The first kappa shape index (κ1) is 24.6. The maximum absolute atomic E-state index is 12.6. The number of nitrogens with zero attached hydrogens (tertiary/aromatic N) is 4. The normalized spacial score (nSPS) is 22.8. The Bertz CT molecular complexity index is 841. The minimum Gasteiger partial charge on any atom is -0.491 e. The van der Waals surface area contributed by atoms with E-state index in [1.165, 1.54) is 5.01 Å². The molecular formula is C24H35N5O4. The van der Waals surface area contributed by atoms with E-state index in [1.807, 2.05) is 23.9 Å². The summed E-state index contributed by atoms with van der Waals surface area (Å²) >= 11 is 0. The number of hydrogen-bond donors (Lipinski definition) is 2. The molecule has 0 spiro atoms. The van der Waals surface area contributed by atoms with E-state index in [4.69, 9.17) is 10.00 Å². The Balaban J connectivity index is 1.60. The van der Waals surface area contributed by atoms with Gasteiger partial charge in [-0.3, -0.25) is 0 Å². The molecule has 2 N–H and O–H groups in total. The first-order valence-electron chi connectivity index (χ1n) is 11.8. The molecule has 1 aromatic carbocycles. The highest BCUT2D eigenvalue weighted by molar-refractivity contribution is 5.74. The van der Waals surface area contributed by atoms with E-state index in [0.717, 1.165) is 25.7 Å². The van der Waals surface area contributed by atoms with Crippen molar-refractivity contribution in [3.63, 3.8) is 0 Å². The number of hydrogen-bond acceptors (Lipinski definition) is 5. The van der Waals surface area contributed by atoms with Gasteiger partial charge in [-0.25, -0.2) is 19.6 Å². The number of urea groups is 1. The van der Waals surface area contributed by atoms with Crippen LogP contribution in [-0.4, -0.2) is 77.5 Å². The van der Waals surface area contributed by atoms with Gasteiger partial charge in [0.25, 0.3) is 0 Å². The summed E-state index contributed by atoms with van der Waals surface area (Å²) in [5.74, 6) is 1.07. The number of nitriles is 1. The van der Waals surface area contributed by atoms with Crippen LogP contribution in [0.25, 0.3) is 0 Å². The van der Waals surface area contributed by atoms with Gasteiger partial charge in [-0.1, -0.05) is 13.3 Å². The fraction of sp³-hybridized carbons (Fsp3) is 0.625. The Morgan fingerprint density at radius 3 is 2.45 bits per heavy atom. The number of carboxylic acid groups (broad SMARTS) is 1. The van der Waals surface area contributed by atoms with Crippen LogP contribution in [0.15, 0.2) is 24.3 Å². The van der Waals surface area contributed by atoms with Crippen molar-refractivity contribution in [3.05, 3.63) is 29.8 Å². The lowest BCUT2D eigenvalue weighted by Crippen LogP contribution is -2.61. The van der Waals surface area contributed by atoms with Crippen LogP contribution in [0.1, 0.15) is 45.1 Å². The molecule has 1 saturated carbocycles. The first-order chi connectivity index (χ1) is 15.8. The van der Waals surface area contributed by atoms with Crippen LogP contribution in [-0.2, 0) is 0 Å². The number of hydrazine groups is 1. The molecule has 2 aliphatic rings. The van der Waals surface area contributed by atoms with Crippen molar-refractivity contribution in [2.45, 2.75) is 51.6 Å². The minimum absolute atomic E-state index is 0.0434. The van der Waals surface area contributed by atoms with E-state index in [1.54, 1.807) is 24.3 Å². The summed E-state index contributed by atoms with van der Waals surface area (Å²) in [6, 6.07) is 8.53. The van der Waals surface area contributed by atoms with Crippen LogP contribution in [0.4, 0.5) is 9.59 Å². The number of carbonyl (C=O) groups excluding carboxylic acids is 1. The van der Waals surface area contributed by atoms with Gasteiger partial charge in [0, 0.05) is 32.7 Å². The molecule has 1 aliphatic carbocycles. The van der Waals surface area contributed by atoms with Crippen molar-refractivity contribution in [1.82, 2.24) is 20.2 Å². The first-order valence-corrected chi connectivity index (χ1v) is 11.8. The van der Waals surface area contributed by atoms with Crippen LogP contribution in [0.3, 0.4) is 0 Å². The summed E-state index contributed by atoms with van der Waals surface area (Å²) in [5.41, 5.74) is 0.546. The monoisotopic (exact) mass is 457 g/mol. The molecule has 1 saturated heterocycles. The lowest BCUT2D eigenvalue weighted by molar-refractivity contribution is -0.0852. The summed E-state index contributed by atoms with van der Waals surface area (Å²) in [6.45, 7) is 6.00. The zero-order valence-corrected chi connectivity index (χ0v) is 19.7. The summed E-state index contributed by atoms with van der Waals surface area (Å²) in [6.07, 6.45) is 2.96. The quantitative estimate of drug-likeness (QED) is 0.550. The van der Waals surface area contributed by atoms with Crippen LogP contribution in [0.2, 0.25) is 0 Å². The molecule has 2 bridgehead atoms. The van der Waals surface area contributed by atoms with Crippen molar-refractivity contribution >= 4 is 12.1 Å². The molecule has 1 aromatic rings. The van der Waals surface area contributed by atoms with E-state index < -0.39 is 6.09 Å². The van der Waals surface area contributed by atoms with Gasteiger partial charge >= 0.3 is 12.1 Å². The fourth-order valence-electron chi connectivity index (χ4n) is 5.11. The van der Waals surface area contributed by atoms with Crippen molar-refractivity contribution in [2.75, 3.05) is 33.3 Å². The second-order valence-corrected chi connectivity index (χ2v) is 9.08. The third kappa shape index (κ3) is 5.88. The van der Waals surface area contributed by atoms with Crippen molar-refractivity contribution in [3.8, 4) is 11.8 Å². The van der Waals surface area contributed by atoms with Crippen molar-refractivity contribution in [1.29, 1.82) is 5.26 Å². The molecular weight excluding hydrogens is 422 g/mol. The third-order valence-corrected chi connectivity index (χ3v) is 6.73. The number of ether oxygens (including phenoxy) is 1. The van der Waals surface area contributed by atoms with Crippen LogP contribution in [0.5, 0.6) is 5.75 Å². The molecule has 9 nitrogen and oxygen atoms in total. The van der Waals surface area contributed by atoms with Gasteiger partial charge in [-0.15, -0.1) is 0 Å². The number of piperidine rings is 1. The largest absolute Gasteiger partial charge is 0.491 e. The average molecular weight is 458 g/mol. The highest BCUT2D eigenvalue weighted by Gasteiger charge is 2.47. The van der Waals surface area contributed by atoms with Crippen LogP contribution < -0.4 is 10.1 Å². The topological polar surface area (TPSA) is 109 Å². The molecule has 3 rings (SSSR count). The van der Waals surface area contributed by atoms with Crippen LogP contribution >= 0.6 is 0 Å². The Labute approximate surface area is 195 Å². The van der Waals surface area contributed by atoms with E-state index >= 15 is 0 Å². The minimum atomic E-state index is -1.01. The smallest absolute Gasteiger partial charge is 0.422 e. The molecule has 0 aromatic heterocycles. The lowest BCUT2D eigenvalue weighted by Gasteiger charge is -2.46. The van der Waals surface area contributed by atoms with Gasteiger partial charge in [0.15, 0.2) is 0 Å². The predicted octanol–water partition coefficient (Wildman–Crippen LogP) is 3.37. The highest BCUT2D eigenvalue weighted by Crippen LogP contribution is 2.40. The summed E-state index contributed by atoms with van der Waals surface area (Å²) in [7, 11) is 1.86. The zero-order valence-electron chi connectivity index (χ0n) is 19.7.